The first kappa shape index (κ1) is 24.4. The number of pyridine rings is 2. The molecular formula is C27H28ClN5O2. The maximum atomic E-state index is 13.7. The number of halogens is 1. The SMILES string of the molecule is CCN=C(c1ccc(-c2c([O-])[n+](Cc3ccc(Cl)nc3)c3ccccn3c2=O)cc1)N(CC)CC. The number of hydrogen-bond donors (Lipinski definition) is 0. The minimum absolute atomic E-state index is 0.124. The van der Waals surface area contributed by atoms with Gasteiger partial charge in [-0.3, -0.25) is 4.99 Å². The van der Waals surface area contributed by atoms with Crippen LogP contribution in [0.15, 0.2) is 76.8 Å². The molecule has 4 rings (SSSR count). The van der Waals surface area contributed by atoms with Crippen molar-refractivity contribution in [2.24, 2.45) is 4.99 Å². The van der Waals surface area contributed by atoms with Crippen molar-refractivity contribution in [3.05, 3.63) is 93.6 Å². The zero-order valence-corrected chi connectivity index (χ0v) is 20.9. The van der Waals surface area contributed by atoms with E-state index in [0.717, 1.165) is 30.1 Å². The number of aromatic nitrogens is 3. The Morgan fingerprint density at radius 1 is 1.09 bits per heavy atom. The lowest BCUT2D eigenvalue weighted by molar-refractivity contribution is -0.708. The summed E-state index contributed by atoms with van der Waals surface area (Å²) >= 11 is 5.92. The zero-order valence-electron chi connectivity index (χ0n) is 20.1. The van der Waals surface area contributed by atoms with Gasteiger partial charge in [0.1, 0.15) is 23.1 Å². The van der Waals surface area contributed by atoms with Gasteiger partial charge in [-0.05, 0) is 38.5 Å². The van der Waals surface area contributed by atoms with Gasteiger partial charge in [0.2, 0.25) is 0 Å². The molecule has 0 spiro atoms. The van der Waals surface area contributed by atoms with Crippen molar-refractivity contribution in [3.63, 3.8) is 0 Å². The average Bonchev–Trinajstić information content (AvgIpc) is 2.88. The second-order valence-corrected chi connectivity index (χ2v) is 8.42. The average molecular weight is 490 g/mol. The maximum absolute atomic E-state index is 13.7. The van der Waals surface area contributed by atoms with Crippen LogP contribution in [0.5, 0.6) is 5.88 Å². The number of fused-ring (bicyclic) bond motifs is 1. The third-order valence-corrected chi connectivity index (χ3v) is 6.16. The molecule has 0 aliphatic carbocycles. The predicted octanol–water partition coefficient (Wildman–Crippen LogP) is 3.53. The molecule has 0 bridgehead atoms. The summed E-state index contributed by atoms with van der Waals surface area (Å²) in [6.45, 7) is 8.81. The highest BCUT2D eigenvalue weighted by molar-refractivity contribution is 6.29. The summed E-state index contributed by atoms with van der Waals surface area (Å²) in [5, 5.41) is 14.1. The molecule has 0 aliphatic heterocycles. The molecular weight excluding hydrogens is 462 g/mol. The van der Waals surface area contributed by atoms with Gasteiger partial charge in [-0.25, -0.2) is 14.3 Å². The van der Waals surface area contributed by atoms with Gasteiger partial charge in [0.05, 0.1) is 12.1 Å². The minimum atomic E-state index is -0.352. The molecule has 4 aromatic rings. The van der Waals surface area contributed by atoms with Gasteiger partial charge in [-0.1, -0.05) is 48.0 Å². The topological polar surface area (TPSA) is 76.9 Å². The first-order chi connectivity index (χ1) is 17.0. The van der Waals surface area contributed by atoms with Gasteiger partial charge in [0.15, 0.2) is 0 Å². The maximum Gasteiger partial charge on any atom is 0.349 e. The molecule has 1 aromatic carbocycles. The molecule has 180 valence electrons. The Balaban J connectivity index is 1.84. The largest absolute Gasteiger partial charge is 0.842 e. The summed E-state index contributed by atoms with van der Waals surface area (Å²) in [5.41, 5.74) is 2.61. The normalized spacial score (nSPS) is 11.7. The van der Waals surface area contributed by atoms with Crippen LogP contribution in [0.25, 0.3) is 16.8 Å². The fourth-order valence-electron chi connectivity index (χ4n) is 4.19. The summed E-state index contributed by atoms with van der Waals surface area (Å²) in [5.74, 6) is 0.557. The van der Waals surface area contributed by atoms with Crippen LogP contribution in [-0.2, 0) is 6.54 Å². The molecule has 0 fully saturated rings. The number of benzene rings is 1. The second kappa shape index (κ2) is 10.7. The molecule has 7 nitrogen and oxygen atoms in total. The van der Waals surface area contributed by atoms with E-state index in [1.807, 2.05) is 37.3 Å². The second-order valence-electron chi connectivity index (χ2n) is 8.04. The Hall–Kier alpha value is -3.71. The number of nitrogens with zero attached hydrogens (tertiary/aromatic N) is 5. The lowest BCUT2D eigenvalue weighted by Crippen LogP contribution is -2.44. The van der Waals surface area contributed by atoms with Crippen molar-refractivity contribution in [1.82, 2.24) is 14.3 Å². The molecule has 0 saturated heterocycles. The van der Waals surface area contributed by atoms with E-state index >= 15 is 0 Å². The fourth-order valence-corrected chi connectivity index (χ4v) is 4.30. The summed E-state index contributed by atoms with van der Waals surface area (Å²) in [6.07, 6.45) is 3.31. The lowest BCUT2D eigenvalue weighted by Gasteiger charge is -2.23. The summed E-state index contributed by atoms with van der Waals surface area (Å²) in [4.78, 5) is 24.4. The Labute approximate surface area is 209 Å². The van der Waals surface area contributed by atoms with E-state index in [2.05, 4.69) is 28.7 Å². The molecule has 3 heterocycles. The van der Waals surface area contributed by atoms with Crippen molar-refractivity contribution < 1.29 is 9.67 Å². The highest BCUT2D eigenvalue weighted by Gasteiger charge is 2.21. The van der Waals surface area contributed by atoms with Gasteiger partial charge in [0, 0.05) is 43.0 Å². The Bertz CT molecular complexity index is 1410. The number of hydrogen-bond acceptors (Lipinski definition) is 4. The third-order valence-electron chi connectivity index (χ3n) is 5.94. The Morgan fingerprint density at radius 3 is 2.46 bits per heavy atom. The third kappa shape index (κ3) is 4.91. The van der Waals surface area contributed by atoms with Crippen molar-refractivity contribution in [3.8, 4) is 17.0 Å². The van der Waals surface area contributed by atoms with Gasteiger partial charge in [0.25, 0.3) is 5.65 Å². The first-order valence-corrected chi connectivity index (χ1v) is 12.1. The van der Waals surface area contributed by atoms with Crippen molar-refractivity contribution >= 4 is 23.1 Å². The van der Waals surface area contributed by atoms with E-state index in [4.69, 9.17) is 11.6 Å². The first-order valence-electron chi connectivity index (χ1n) is 11.7. The summed E-state index contributed by atoms with van der Waals surface area (Å²) in [6, 6.07) is 16.3. The Kier molecular flexibility index (Phi) is 7.46. The van der Waals surface area contributed by atoms with Crippen LogP contribution in [0.1, 0.15) is 31.9 Å². The van der Waals surface area contributed by atoms with E-state index < -0.39 is 0 Å². The Morgan fingerprint density at radius 2 is 1.83 bits per heavy atom. The van der Waals surface area contributed by atoms with Gasteiger partial charge >= 0.3 is 5.56 Å². The molecule has 0 saturated carbocycles. The quantitative estimate of drug-likeness (QED) is 0.172. The van der Waals surface area contributed by atoms with E-state index in [9.17, 15) is 9.90 Å². The molecule has 0 N–H and O–H groups in total. The molecule has 0 aliphatic rings. The van der Waals surface area contributed by atoms with Crippen LogP contribution in [0, 0.1) is 0 Å². The highest BCUT2D eigenvalue weighted by atomic mass is 35.5. The van der Waals surface area contributed by atoms with Crippen molar-refractivity contribution in [2.75, 3.05) is 19.6 Å². The molecule has 8 heteroatoms. The molecule has 3 aromatic heterocycles. The summed E-state index contributed by atoms with van der Waals surface area (Å²) < 4.78 is 3.10. The van der Waals surface area contributed by atoms with Crippen molar-refractivity contribution in [2.45, 2.75) is 27.3 Å². The van der Waals surface area contributed by atoms with Gasteiger partial charge < -0.3 is 10.0 Å². The van der Waals surface area contributed by atoms with Crippen LogP contribution >= 0.6 is 11.6 Å². The van der Waals surface area contributed by atoms with E-state index in [1.54, 1.807) is 41.2 Å². The molecule has 0 unspecified atom stereocenters. The molecule has 0 radical (unpaired) electrons. The van der Waals surface area contributed by atoms with Crippen LogP contribution in [0.2, 0.25) is 5.15 Å². The lowest BCUT2D eigenvalue weighted by atomic mass is 10.0. The van der Waals surface area contributed by atoms with Crippen molar-refractivity contribution in [1.29, 1.82) is 0 Å². The van der Waals surface area contributed by atoms with Crippen LogP contribution < -0.4 is 15.2 Å². The monoisotopic (exact) mass is 489 g/mol. The highest BCUT2D eigenvalue weighted by Crippen LogP contribution is 2.23. The molecule has 0 amide bonds. The fraction of sp³-hybridized carbons (Fsp3) is 0.259. The zero-order chi connectivity index (χ0) is 24.9. The van der Waals surface area contributed by atoms with Crippen LogP contribution in [0.3, 0.4) is 0 Å². The van der Waals surface area contributed by atoms with Gasteiger partial charge in [-0.15, -0.1) is 0 Å². The van der Waals surface area contributed by atoms with E-state index in [1.165, 1.54) is 4.40 Å². The van der Waals surface area contributed by atoms with Crippen LogP contribution in [0.4, 0.5) is 0 Å². The van der Waals surface area contributed by atoms with Gasteiger partial charge in [-0.2, -0.15) is 4.40 Å². The van der Waals surface area contributed by atoms with E-state index in [0.29, 0.717) is 22.9 Å². The number of amidine groups is 1. The molecule has 0 atom stereocenters. The predicted molar refractivity (Wildman–Crippen MR) is 137 cm³/mol. The number of rotatable bonds is 7. The standard InChI is InChI=1S/C27H28ClN5O2/c1-4-29-25(31(5-2)6-3)21-13-11-20(12-14-21)24-26(34)32-16-8-7-9-23(32)33(27(24)35)18-19-10-15-22(28)30-17-19/h7-17H,4-6,18H2,1-3H3. The number of aliphatic imine (C=N–C) groups is 1. The van der Waals surface area contributed by atoms with Crippen LogP contribution in [-0.4, -0.2) is 39.8 Å². The summed E-state index contributed by atoms with van der Waals surface area (Å²) in [7, 11) is 0. The smallest absolute Gasteiger partial charge is 0.349 e. The molecule has 35 heavy (non-hydrogen) atoms. The minimum Gasteiger partial charge on any atom is -0.842 e. The van der Waals surface area contributed by atoms with E-state index in [-0.39, 0.29) is 23.5 Å².